The van der Waals surface area contributed by atoms with Crippen LogP contribution < -0.4 is 9.47 Å². The molecule has 0 amide bonds. The lowest BCUT2D eigenvalue weighted by atomic mass is 10.3. The summed E-state index contributed by atoms with van der Waals surface area (Å²) in [5, 5.41) is 0. The SMILES string of the molecule is CCSCCCOc1ccc(OC(F)(F)F)c(Br)c1. The molecule has 0 bridgehead atoms. The predicted molar refractivity (Wildman–Crippen MR) is 73.9 cm³/mol. The summed E-state index contributed by atoms with van der Waals surface area (Å²) >= 11 is 4.85. The molecule has 1 rings (SSSR count). The Morgan fingerprint density at radius 3 is 2.63 bits per heavy atom. The van der Waals surface area contributed by atoms with Gasteiger partial charge < -0.3 is 9.47 Å². The number of benzene rings is 1. The first kappa shape index (κ1) is 16.5. The normalized spacial score (nSPS) is 11.4. The Balaban J connectivity index is 2.47. The van der Waals surface area contributed by atoms with Crippen molar-refractivity contribution in [2.45, 2.75) is 19.7 Å². The number of rotatable bonds is 7. The number of halogens is 4. The van der Waals surface area contributed by atoms with Crippen molar-refractivity contribution in [2.24, 2.45) is 0 Å². The van der Waals surface area contributed by atoms with Crippen LogP contribution >= 0.6 is 27.7 Å². The van der Waals surface area contributed by atoms with Crippen LogP contribution in [-0.2, 0) is 0 Å². The van der Waals surface area contributed by atoms with Crippen LogP contribution in [0.25, 0.3) is 0 Å². The van der Waals surface area contributed by atoms with Crippen molar-refractivity contribution in [1.82, 2.24) is 0 Å². The summed E-state index contributed by atoms with van der Waals surface area (Å²) in [6.45, 7) is 2.63. The van der Waals surface area contributed by atoms with Crippen LogP contribution in [0.15, 0.2) is 22.7 Å². The van der Waals surface area contributed by atoms with Crippen LogP contribution in [0.4, 0.5) is 13.2 Å². The van der Waals surface area contributed by atoms with Crippen molar-refractivity contribution in [1.29, 1.82) is 0 Å². The molecule has 0 atom stereocenters. The van der Waals surface area contributed by atoms with Gasteiger partial charge in [0.05, 0.1) is 11.1 Å². The van der Waals surface area contributed by atoms with Gasteiger partial charge in [0, 0.05) is 0 Å². The van der Waals surface area contributed by atoms with Crippen LogP contribution in [0, 0.1) is 0 Å². The molecular weight excluding hydrogens is 345 g/mol. The van der Waals surface area contributed by atoms with Crippen LogP contribution in [-0.4, -0.2) is 24.5 Å². The van der Waals surface area contributed by atoms with E-state index in [-0.39, 0.29) is 10.2 Å². The lowest BCUT2D eigenvalue weighted by Crippen LogP contribution is -2.17. The fraction of sp³-hybridized carbons (Fsp3) is 0.500. The van der Waals surface area contributed by atoms with Gasteiger partial charge in [0.2, 0.25) is 0 Å². The molecule has 0 aromatic heterocycles. The van der Waals surface area contributed by atoms with Gasteiger partial charge in [-0.1, -0.05) is 6.92 Å². The van der Waals surface area contributed by atoms with Crippen molar-refractivity contribution >= 4 is 27.7 Å². The minimum atomic E-state index is -4.69. The highest BCUT2D eigenvalue weighted by Gasteiger charge is 2.31. The van der Waals surface area contributed by atoms with E-state index in [2.05, 4.69) is 27.6 Å². The molecule has 7 heteroatoms. The van der Waals surface area contributed by atoms with Gasteiger partial charge in [-0.15, -0.1) is 13.2 Å². The van der Waals surface area contributed by atoms with Gasteiger partial charge in [0.1, 0.15) is 11.5 Å². The molecule has 0 saturated heterocycles. The molecule has 0 heterocycles. The highest BCUT2D eigenvalue weighted by molar-refractivity contribution is 9.10. The molecule has 2 nitrogen and oxygen atoms in total. The van der Waals surface area contributed by atoms with E-state index in [1.807, 2.05) is 11.8 Å². The minimum Gasteiger partial charge on any atom is -0.494 e. The summed E-state index contributed by atoms with van der Waals surface area (Å²) < 4.78 is 45.7. The Labute approximate surface area is 122 Å². The Morgan fingerprint density at radius 1 is 1.32 bits per heavy atom. The van der Waals surface area contributed by atoms with Crippen molar-refractivity contribution in [2.75, 3.05) is 18.1 Å². The molecule has 0 radical (unpaired) electrons. The summed E-state index contributed by atoms with van der Waals surface area (Å²) in [7, 11) is 0. The zero-order chi connectivity index (χ0) is 14.3. The summed E-state index contributed by atoms with van der Waals surface area (Å²) in [5.74, 6) is 2.31. The summed E-state index contributed by atoms with van der Waals surface area (Å²) in [5.41, 5.74) is 0. The molecule has 0 unspecified atom stereocenters. The Hall–Kier alpha value is -0.560. The van der Waals surface area contributed by atoms with Gasteiger partial charge >= 0.3 is 6.36 Å². The van der Waals surface area contributed by atoms with E-state index in [0.717, 1.165) is 17.9 Å². The number of hydrogen-bond acceptors (Lipinski definition) is 3. The van der Waals surface area contributed by atoms with Crippen LogP contribution in [0.2, 0.25) is 0 Å². The average Bonchev–Trinajstić information content (AvgIpc) is 2.31. The number of thioether (sulfide) groups is 1. The smallest absolute Gasteiger partial charge is 0.494 e. The molecule has 1 aromatic carbocycles. The molecule has 0 spiro atoms. The molecule has 0 N–H and O–H groups in total. The Bertz CT molecular complexity index is 399. The summed E-state index contributed by atoms with van der Waals surface area (Å²) in [6, 6.07) is 4.15. The molecule has 0 aliphatic heterocycles. The maximum Gasteiger partial charge on any atom is 0.573 e. The van der Waals surface area contributed by atoms with Gasteiger partial charge in [-0.3, -0.25) is 0 Å². The molecule has 108 valence electrons. The van der Waals surface area contributed by atoms with E-state index >= 15 is 0 Å². The second-order valence-electron chi connectivity index (χ2n) is 3.54. The third kappa shape index (κ3) is 6.96. The van der Waals surface area contributed by atoms with Gasteiger partial charge in [-0.05, 0) is 52.1 Å². The number of alkyl halides is 3. The molecule has 19 heavy (non-hydrogen) atoms. The van der Waals surface area contributed by atoms with Gasteiger partial charge in [-0.2, -0.15) is 11.8 Å². The first-order chi connectivity index (χ1) is 8.92. The van der Waals surface area contributed by atoms with E-state index in [4.69, 9.17) is 4.74 Å². The van der Waals surface area contributed by atoms with E-state index in [1.165, 1.54) is 18.2 Å². The van der Waals surface area contributed by atoms with E-state index in [1.54, 1.807) is 0 Å². The predicted octanol–water partition coefficient (Wildman–Crippen LogP) is 4.87. The van der Waals surface area contributed by atoms with E-state index < -0.39 is 6.36 Å². The lowest BCUT2D eigenvalue weighted by molar-refractivity contribution is -0.274. The molecule has 0 aliphatic carbocycles. The zero-order valence-electron chi connectivity index (χ0n) is 10.3. The topological polar surface area (TPSA) is 18.5 Å². The van der Waals surface area contributed by atoms with Crippen LogP contribution in [0.3, 0.4) is 0 Å². The summed E-state index contributed by atoms with van der Waals surface area (Å²) in [6.07, 6.45) is -3.79. The molecular formula is C12H14BrF3O2S. The second-order valence-corrected chi connectivity index (χ2v) is 5.79. The van der Waals surface area contributed by atoms with Crippen LogP contribution in [0.5, 0.6) is 11.5 Å². The largest absolute Gasteiger partial charge is 0.573 e. The van der Waals surface area contributed by atoms with Crippen molar-refractivity contribution in [3.63, 3.8) is 0 Å². The third-order valence-corrected chi connectivity index (χ3v) is 3.64. The summed E-state index contributed by atoms with van der Waals surface area (Å²) in [4.78, 5) is 0. The Kier molecular flexibility index (Phi) is 6.85. The number of ether oxygens (including phenoxy) is 2. The minimum absolute atomic E-state index is 0.213. The molecule has 0 saturated carbocycles. The zero-order valence-corrected chi connectivity index (χ0v) is 12.7. The maximum absolute atomic E-state index is 12.1. The highest BCUT2D eigenvalue weighted by Crippen LogP contribution is 2.33. The fourth-order valence-corrected chi connectivity index (χ4v) is 2.32. The average molecular weight is 359 g/mol. The lowest BCUT2D eigenvalue weighted by Gasteiger charge is -2.12. The van der Waals surface area contributed by atoms with Gasteiger partial charge in [0.15, 0.2) is 0 Å². The van der Waals surface area contributed by atoms with Crippen LogP contribution in [0.1, 0.15) is 13.3 Å². The highest BCUT2D eigenvalue weighted by atomic mass is 79.9. The molecule has 0 aliphatic rings. The monoisotopic (exact) mass is 358 g/mol. The quantitative estimate of drug-likeness (QED) is 0.647. The molecule has 1 aromatic rings. The van der Waals surface area contributed by atoms with Gasteiger partial charge in [0.25, 0.3) is 0 Å². The van der Waals surface area contributed by atoms with Gasteiger partial charge in [-0.25, -0.2) is 0 Å². The van der Waals surface area contributed by atoms with Crippen molar-refractivity contribution < 1.29 is 22.6 Å². The maximum atomic E-state index is 12.1. The fourth-order valence-electron chi connectivity index (χ4n) is 1.27. The van der Waals surface area contributed by atoms with Crippen molar-refractivity contribution in [3.05, 3.63) is 22.7 Å². The van der Waals surface area contributed by atoms with E-state index in [9.17, 15) is 13.2 Å². The van der Waals surface area contributed by atoms with Crippen molar-refractivity contribution in [3.8, 4) is 11.5 Å². The second kappa shape index (κ2) is 7.89. The molecule has 0 fully saturated rings. The Morgan fingerprint density at radius 2 is 2.05 bits per heavy atom. The number of hydrogen-bond donors (Lipinski definition) is 0. The standard InChI is InChI=1S/C12H14BrF3O2S/c1-2-19-7-3-6-17-9-4-5-11(10(13)8-9)18-12(14,15)16/h4-5,8H,2-3,6-7H2,1H3. The first-order valence-corrected chi connectivity index (χ1v) is 7.63. The van der Waals surface area contributed by atoms with E-state index in [0.29, 0.717) is 12.4 Å². The first-order valence-electron chi connectivity index (χ1n) is 5.68. The third-order valence-electron chi connectivity index (χ3n) is 2.03.